The third-order valence-corrected chi connectivity index (χ3v) is 5.16. The fraction of sp³-hybridized carbons (Fsp3) is 1.00. The minimum Gasteiger partial charge on any atom is -0.314 e. The predicted molar refractivity (Wildman–Crippen MR) is 75.2 cm³/mol. The van der Waals surface area contributed by atoms with Crippen LogP contribution in [0.1, 0.15) is 71.6 Å². The normalized spacial score (nSPS) is 39.2. The van der Waals surface area contributed by atoms with Crippen LogP contribution in [0.4, 0.5) is 0 Å². The number of hydrogen-bond acceptors (Lipinski definition) is 1. The van der Waals surface area contributed by atoms with Gasteiger partial charge in [-0.3, -0.25) is 0 Å². The van der Waals surface area contributed by atoms with Crippen LogP contribution in [0.15, 0.2) is 0 Å². The van der Waals surface area contributed by atoms with Crippen molar-refractivity contribution in [2.24, 2.45) is 17.8 Å². The van der Waals surface area contributed by atoms with Gasteiger partial charge in [-0.05, 0) is 56.4 Å². The van der Waals surface area contributed by atoms with Crippen LogP contribution in [0.5, 0.6) is 0 Å². The van der Waals surface area contributed by atoms with E-state index in [-0.39, 0.29) is 0 Å². The highest BCUT2D eigenvalue weighted by Crippen LogP contribution is 2.30. The second kappa shape index (κ2) is 6.78. The molecule has 0 spiro atoms. The Kier molecular flexibility index (Phi) is 5.34. The molecule has 1 heteroatoms. The maximum absolute atomic E-state index is 3.87. The van der Waals surface area contributed by atoms with E-state index in [1.807, 2.05) is 0 Å². The summed E-state index contributed by atoms with van der Waals surface area (Å²) in [5, 5.41) is 3.87. The minimum absolute atomic E-state index is 0.836. The fourth-order valence-corrected chi connectivity index (χ4v) is 3.83. The molecule has 0 bridgehead atoms. The van der Waals surface area contributed by atoms with Crippen molar-refractivity contribution >= 4 is 0 Å². The molecule has 1 nitrogen and oxygen atoms in total. The van der Waals surface area contributed by atoms with Crippen LogP contribution in [0.25, 0.3) is 0 Å². The summed E-state index contributed by atoms with van der Waals surface area (Å²) in [5.74, 6) is 2.99. The van der Waals surface area contributed by atoms with Gasteiger partial charge in [-0.15, -0.1) is 0 Å². The minimum atomic E-state index is 0.836. The summed E-state index contributed by atoms with van der Waals surface area (Å²) in [6, 6.07) is 0.836. The van der Waals surface area contributed by atoms with Gasteiger partial charge in [-0.25, -0.2) is 0 Å². The lowest BCUT2D eigenvalue weighted by Gasteiger charge is -2.19. The molecule has 2 fully saturated rings. The molecular formula is C16H31N. The Bertz CT molecular complexity index is 214. The summed E-state index contributed by atoms with van der Waals surface area (Å²) in [4.78, 5) is 0. The van der Waals surface area contributed by atoms with E-state index in [1.54, 1.807) is 0 Å². The van der Waals surface area contributed by atoms with Gasteiger partial charge in [0.2, 0.25) is 0 Å². The number of hydrogen-bond donors (Lipinski definition) is 1. The van der Waals surface area contributed by atoms with Crippen LogP contribution in [0.2, 0.25) is 0 Å². The van der Waals surface area contributed by atoms with E-state index in [9.17, 15) is 0 Å². The number of nitrogens with one attached hydrogen (secondary N) is 1. The van der Waals surface area contributed by atoms with Crippen molar-refractivity contribution in [2.45, 2.75) is 77.7 Å². The van der Waals surface area contributed by atoms with Crippen LogP contribution < -0.4 is 5.32 Å². The first-order chi connectivity index (χ1) is 8.28. The van der Waals surface area contributed by atoms with E-state index >= 15 is 0 Å². The van der Waals surface area contributed by atoms with E-state index in [4.69, 9.17) is 0 Å². The molecule has 0 amide bonds. The highest BCUT2D eigenvalue weighted by molar-refractivity contribution is 4.79. The molecule has 1 N–H and O–H groups in total. The molecule has 2 aliphatic rings. The molecule has 0 aliphatic heterocycles. The molecule has 100 valence electrons. The molecule has 4 atom stereocenters. The monoisotopic (exact) mass is 237 g/mol. The summed E-state index contributed by atoms with van der Waals surface area (Å²) >= 11 is 0. The number of rotatable bonds is 4. The SMILES string of the molecule is CCC1CCCC(NCC2CCC(C)C2)CC1. The molecule has 0 aromatic heterocycles. The molecule has 2 saturated carbocycles. The van der Waals surface area contributed by atoms with Crippen LogP contribution >= 0.6 is 0 Å². The van der Waals surface area contributed by atoms with Gasteiger partial charge in [0.05, 0.1) is 0 Å². The molecule has 4 unspecified atom stereocenters. The fourth-order valence-electron chi connectivity index (χ4n) is 3.83. The first kappa shape index (κ1) is 13.4. The van der Waals surface area contributed by atoms with Gasteiger partial charge in [-0.2, -0.15) is 0 Å². The van der Waals surface area contributed by atoms with Gasteiger partial charge in [0, 0.05) is 6.04 Å². The first-order valence-electron chi connectivity index (χ1n) is 8.01. The van der Waals surface area contributed by atoms with Gasteiger partial charge >= 0.3 is 0 Å². The Morgan fingerprint density at radius 2 is 1.76 bits per heavy atom. The molecule has 0 radical (unpaired) electrons. The molecule has 2 rings (SSSR count). The topological polar surface area (TPSA) is 12.0 Å². The quantitative estimate of drug-likeness (QED) is 0.716. The van der Waals surface area contributed by atoms with Crippen molar-refractivity contribution in [3.05, 3.63) is 0 Å². The van der Waals surface area contributed by atoms with Crippen LogP contribution in [-0.2, 0) is 0 Å². The molecule has 0 heterocycles. The van der Waals surface area contributed by atoms with Crippen molar-refractivity contribution < 1.29 is 0 Å². The van der Waals surface area contributed by atoms with Crippen LogP contribution in [-0.4, -0.2) is 12.6 Å². The zero-order chi connectivity index (χ0) is 12.1. The molecule has 0 aromatic carbocycles. The van der Waals surface area contributed by atoms with Gasteiger partial charge in [-0.1, -0.05) is 39.5 Å². The molecule has 0 saturated heterocycles. The molecule has 2 aliphatic carbocycles. The summed E-state index contributed by atoms with van der Waals surface area (Å²) < 4.78 is 0. The Hall–Kier alpha value is -0.0400. The third-order valence-electron chi connectivity index (χ3n) is 5.16. The zero-order valence-electron chi connectivity index (χ0n) is 11.9. The highest BCUT2D eigenvalue weighted by Gasteiger charge is 2.23. The van der Waals surface area contributed by atoms with E-state index in [0.29, 0.717) is 0 Å². The van der Waals surface area contributed by atoms with Gasteiger partial charge in [0.15, 0.2) is 0 Å². The lowest BCUT2D eigenvalue weighted by molar-refractivity contribution is 0.388. The summed E-state index contributed by atoms with van der Waals surface area (Å²) in [7, 11) is 0. The van der Waals surface area contributed by atoms with E-state index in [2.05, 4.69) is 19.2 Å². The largest absolute Gasteiger partial charge is 0.314 e. The standard InChI is InChI=1S/C16H31N/c1-3-14-5-4-6-16(10-9-14)17-12-15-8-7-13(2)11-15/h13-17H,3-12H2,1-2H3. The van der Waals surface area contributed by atoms with Crippen molar-refractivity contribution in [2.75, 3.05) is 6.54 Å². The maximum Gasteiger partial charge on any atom is 0.00672 e. The van der Waals surface area contributed by atoms with Crippen LogP contribution in [0, 0.1) is 17.8 Å². The van der Waals surface area contributed by atoms with E-state index < -0.39 is 0 Å². The Balaban J connectivity index is 1.65. The smallest absolute Gasteiger partial charge is 0.00672 e. The van der Waals surface area contributed by atoms with Gasteiger partial charge in [0.25, 0.3) is 0 Å². The maximum atomic E-state index is 3.87. The van der Waals surface area contributed by atoms with Gasteiger partial charge < -0.3 is 5.32 Å². The van der Waals surface area contributed by atoms with Crippen molar-refractivity contribution in [1.82, 2.24) is 5.32 Å². The predicted octanol–water partition coefficient (Wildman–Crippen LogP) is 4.37. The lowest BCUT2D eigenvalue weighted by Crippen LogP contribution is -2.32. The molecule has 17 heavy (non-hydrogen) atoms. The Labute approximate surface area is 108 Å². The Morgan fingerprint density at radius 1 is 0.941 bits per heavy atom. The average Bonchev–Trinajstić information content (AvgIpc) is 2.63. The zero-order valence-corrected chi connectivity index (χ0v) is 11.9. The molecular weight excluding hydrogens is 206 g/mol. The second-order valence-corrected chi connectivity index (χ2v) is 6.67. The average molecular weight is 237 g/mol. The second-order valence-electron chi connectivity index (χ2n) is 6.67. The summed E-state index contributed by atoms with van der Waals surface area (Å²) in [6.45, 7) is 6.07. The summed E-state index contributed by atoms with van der Waals surface area (Å²) in [6.07, 6.45) is 13.1. The lowest BCUT2D eigenvalue weighted by atomic mass is 9.97. The van der Waals surface area contributed by atoms with Crippen LogP contribution in [0.3, 0.4) is 0 Å². The van der Waals surface area contributed by atoms with E-state index in [1.165, 1.54) is 64.3 Å². The molecule has 0 aromatic rings. The summed E-state index contributed by atoms with van der Waals surface area (Å²) in [5.41, 5.74) is 0. The third kappa shape index (κ3) is 4.28. The highest BCUT2D eigenvalue weighted by atomic mass is 14.9. The Morgan fingerprint density at radius 3 is 2.47 bits per heavy atom. The first-order valence-corrected chi connectivity index (χ1v) is 8.01. The van der Waals surface area contributed by atoms with Gasteiger partial charge in [0.1, 0.15) is 0 Å². The van der Waals surface area contributed by atoms with Crippen molar-refractivity contribution in [3.8, 4) is 0 Å². The van der Waals surface area contributed by atoms with E-state index in [0.717, 1.165) is 23.8 Å². The van der Waals surface area contributed by atoms with Crippen molar-refractivity contribution in [3.63, 3.8) is 0 Å². The van der Waals surface area contributed by atoms with Crippen molar-refractivity contribution in [1.29, 1.82) is 0 Å².